The van der Waals surface area contributed by atoms with E-state index in [2.05, 4.69) is 52.7 Å². The van der Waals surface area contributed by atoms with Gasteiger partial charge < -0.3 is 5.32 Å². The van der Waals surface area contributed by atoms with E-state index in [1.807, 2.05) is 10.6 Å². The molecule has 0 saturated carbocycles. The highest BCUT2D eigenvalue weighted by molar-refractivity contribution is 7.17. The van der Waals surface area contributed by atoms with Gasteiger partial charge in [0.25, 0.3) is 0 Å². The molecule has 0 radical (unpaired) electrons. The zero-order chi connectivity index (χ0) is 14.2. The molecule has 1 N–H and O–H groups in total. The first kappa shape index (κ1) is 12.7. The fraction of sp³-hybridized carbons (Fsp3) is 0.250. The van der Waals surface area contributed by atoms with E-state index in [9.17, 15) is 0 Å². The van der Waals surface area contributed by atoms with Crippen molar-refractivity contribution >= 4 is 28.4 Å². The van der Waals surface area contributed by atoms with Gasteiger partial charge >= 0.3 is 0 Å². The largest absolute Gasteiger partial charge is 0.311 e. The first-order valence-electron chi connectivity index (χ1n) is 7.13. The molecule has 0 amide bonds. The fourth-order valence-electron chi connectivity index (χ4n) is 2.64. The second-order valence-corrected chi connectivity index (χ2v) is 6.32. The molecule has 0 fully saturated rings. The molecular formula is C16H16N4S. The van der Waals surface area contributed by atoms with Crippen molar-refractivity contribution in [1.82, 2.24) is 19.9 Å². The monoisotopic (exact) mass is 296 g/mol. The van der Waals surface area contributed by atoms with Crippen LogP contribution in [0.3, 0.4) is 0 Å². The van der Waals surface area contributed by atoms with Gasteiger partial charge in [0.05, 0.1) is 5.69 Å². The van der Waals surface area contributed by atoms with Gasteiger partial charge in [0, 0.05) is 24.4 Å². The highest BCUT2D eigenvalue weighted by Crippen LogP contribution is 2.24. The molecule has 0 spiro atoms. The lowest BCUT2D eigenvalue weighted by Crippen LogP contribution is -2.23. The Hall–Kier alpha value is -1.98. The van der Waals surface area contributed by atoms with Gasteiger partial charge in [-0.3, -0.25) is 0 Å². The number of hydrogen-bond acceptors (Lipinski definition) is 4. The topological polar surface area (TPSA) is 42.2 Å². The van der Waals surface area contributed by atoms with E-state index in [0.717, 1.165) is 30.3 Å². The number of aryl methyl sites for hydroxylation is 1. The summed E-state index contributed by atoms with van der Waals surface area (Å²) in [5, 5.41) is 8.02. The van der Waals surface area contributed by atoms with Crippen LogP contribution in [0.5, 0.6) is 0 Å². The zero-order valence-electron chi connectivity index (χ0n) is 11.8. The molecule has 4 rings (SSSR count). The van der Waals surface area contributed by atoms with Crippen LogP contribution in [0.1, 0.15) is 27.5 Å². The minimum atomic E-state index is 0.783. The van der Waals surface area contributed by atoms with Crippen LogP contribution < -0.4 is 5.32 Å². The molecule has 0 unspecified atom stereocenters. The van der Waals surface area contributed by atoms with E-state index in [4.69, 9.17) is 0 Å². The van der Waals surface area contributed by atoms with Gasteiger partial charge in [-0.2, -0.15) is 4.98 Å². The number of benzene rings is 1. The quantitative estimate of drug-likeness (QED) is 0.790. The standard InChI is InChI=1S/C16H16N4S/c1-11-4-2-3-5-12(11)6-7-15-18-16-20(19-15)13-8-9-17-10-14(13)21-16/h2-7,17H,8-10H2,1H3/b7-6+. The number of nitrogens with zero attached hydrogens (tertiary/aromatic N) is 3. The Morgan fingerprint density at radius 1 is 1.29 bits per heavy atom. The first-order chi connectivity index (χ1) is 10.3. The van der Waals surface area contributed by atoms with Gasteiger partial charge in [0.15, 0.2) is 5.82 Å². The van der Waals surface area contributed by atoms with Crippen LogP contribution in [-0.4, -0.2) is 21.1 Å². The molecule has 21 heavy (non-hydrogen) atoms. The maximum absolute atomic E-state index is 4.63. The van der Waals surface area contributed by atoms with Crippen molar-refractivity contribution in [2.45, 2.75) is 19.9 Å². The Kier molecular flexibility index (Phi) is 3.09. The van der Waals surface area contributed by atoms with Crippen molar-refractivity contribution in [2.24, 2.45) is 0 Å². The van der Waals surface area contributed by atoms with E-state index < -0.39 is 0 Å². The van der Waals surface area contributed by atoms with Crippen molar-refractivity contribution in [1.29, 1.82) is 0 Å². The van der Waals surface area contributed by atoms with Gasteiger partial charge in [-0.25, -0.2) is 4.52 Å². The summed E-state index contributed by atoms with van der Waals surface area (Å²) >= 11 is 1.74. The third-order valence-electron chi connectivity index (χ3n) is 3.81. The molecule has 0 saturated heterocycles. The smallest absolute Gasteiger partial charge is 0.213 e. The SMILES string of the molecule is Cc1ccccc1/C=C/c1nc2sc3c(n2n1)CCNC3. The molecule has 0 aliphatic carbocycles. The Bertz CT molecular complexity index is 828. The Balaban J connectivity index is 1.68. The lowest BCUT2D eigenvalue weighted by Gasteiger charge is -2.10. The maximum Gasteiger partial charge on any atom is 0.213 e. The molecule has 0 atom stereocenters. The van der Waals surface area contributed by atoms with Crippen LogP contribution >= 0.6 is 11.3 Å². The minimum absolute atomic E-state index is 0.783. The van der Waals surface area contributed by atoms with E-state index >= 15 is 0 Å². The zero-order valence-corrected chi connectivity index (χ0v) is 12.7. The Morgan fingerprint density at radius 2 is 2.19 bits per heavy atom. The number of nitrogens with one attached hydrogen (secondary N) is 1. The Labute approximate surface area is 127 Å². The highest BCUT2D eigenvalue weighted by Gasteiger charge is 2.17. The van der Waals surface area contributed by atoms with Gasteiger partial charge in [0.1, 0.15) is 0 Å². The third kappa shape index (κ3) is 2.28. The predicted octanol–water partition coefficient (Wildman–Crippen LogP) is 2.92. The number of thiazole rings is 1. The fourth-order valence-corrected chi connectivity index (χ4v) is 3.72. The van der Waals surface area contributed by atoms with Gasteiger partial charge in [0.2, 0.25) is 4.96 Å². The van der Waals surface area contributed by atoms with Crippen LogP contribution in [0.25, 0.3) is 17.1 Å². The molecule has 3 aromatic rings. The first-order valence-corrected chi connectivity index (χ1v) is 7.95. The number of aromatic nitrogens is 3. The molecule has 0 bridgehead atoms. The Morgan fingerprint density at radius 3 is 3.10 bits per heavy atom. The summed E-state index contributed by atoms with van der Waals surface area (Å²) in [6.07, 6.45) is 5.11. The van der Waals surface area contributed by atoms with Crippen molar-refractivity contribution < 1.29 is 0 Å². The summed E-state index contributed by atoms with van der Waals surface area (Å²) in [7, 11) is 0. The van der Waals surface area contributed by atoms with Gasteiger partial charge in [-0.15, -0.1) is 5.10 Å². The van der Waals surface area contributed by atoms with E-state index in [-0.39, 0.29) is 0 Å². The van der Waals surface area contributed by atoms with Crippen molar-refractivity contribution in [2.75, 3.05) is 6.54 Å². The van der Waals surface area contributed by atoms with Crippen LogP contribution in [-0.2, 0) is 13.0 Å². The summed E-state index contributed by atoms with van der Waals surface area (Å²) in [6.45, 7) is 4.08. The second-order valence-electron chi connectivity index (χ2n) is 5.25. The second kappa shape index (κ2) is 5.09. The van der Waals surface area contributed by atoms with Crippen LogP contribution in [0.15, 0.2) is 24.3 Å². The average Bonchev–Trinajstić information content (AvgIpc) is 3.03. The minimum Gasteiger partial charge on any atom is -0.311 e. The molecule has 4 nitrogen and oxygen atoms in total. The van der Waals surface area contributed by atoms with E-state index in [0.29, 0.717) is 0 Å². The van der Waals surface area contributed by atoms with Crippen molar-refractivity contribution in [3.63, 3.8) is 0 Å². The number of fused-ring (bicyclic) bond motifs is 3. The van der Waals surface area contributed by atoms with Gasteiger partial charge in [-0.05, 0) is 24.1 Å². The van der Waals surface area contributed by atoms with Crippen LogP contribution in [0.4, 0.5) is 0 Å². The molecule has 1 aliphatic heterocycles. The molecule has 3 heterocycles. The summed E-state index contributed by atoms with van der Waals surface area (Å²) in [4.78, 5) is 6.98. The average molecular weight is 296 g/mol. The van der Waals surface area contributed by atoms with Crippen LogP contribution in [0, 0.1) is 6.92 Å². The van der Waals surface area contributed by atoms with E-state index in [1.165, 1.54) is 21.7 Å². The molecule has 5 heteroatoms. The maximum atomic E-state index is 4.63. The van der Waals surface area contributed by atoms with Crippen LogP contribution in [0.2, 0.25) is 0 Å². The molecule has 1 aliphatic rings. The van der Waals surface area contributed by atoms with Gasteiger partial charge in [-0.1, -0.05) is 41.7 Å². The number of hydrogen-bond donors (Lipinski definition) is 1. The summed E-state index contributed by atoms with van der Waals surface area (Å²) in [5.74, 6) is 0.783. The summed E-state index contributed by atoms with van der Waals surface area (Å²) < 4.78 is 2.01. The lowest BCUT2D eigenvalue weighted by atomic mass is 10.1. The number of rotatable bonds is 2. The normalized spacial score (nSPS) is 14.9. The van der Waals surface area contributed by atoms with Crippen molar-refractivity contribution in [3.05, 3.63) is 51.8 Å². The third-order valence-corrected chi connectivity index (χ3v) is 4.88. The molecule has 106 valence electrons. The molecular weight excluding hydrogens is 280 g/mol. The predicted molar refractivity (Wildman–Crippen MR) is 86.4 cm³/mol. The summed E-state index contributed by atoms with van der Waals surface area (Å²) in [6, 6.07) is 8.33. The summed E-state index contributed by atoms with van der Waals surface area (Å²) in [5.41, 5.74) is 3.79. The van der Waals surface area contributed by atoms with E-state index in [1.54, 1.807) is 11.3 Å². The van der Waals surface area contributed by atoms with Crippen molar-refractivity contribution in [3.8, 4) is 0 Å². The highest BCUT2D eigenvalue weighted by atomic mass is 32.1. The lowest BCUT2D eigenvalue weighted by molar-refractivity contribution is 0.628. The molecule has 1 aromatic carbocycles. The molecule has 2 aromatic heterocycles.